The quantitative estimate of drug-likeness (QED) is 0.253. The first-order valence-corrected chi connectivity index (χ1v) is 15.9. The molecule has 43 heavy (non-hydrogen) atoms. The summed E-state index contributed by atoms with van der Waals surface area (Å²) < 4.78 is 38.7. The van der Waals surface area contributed by atoms with Crippen molar-refractivity contribution >= 4 is 32.6 Å². The van der Waals surface area contributed by atoms with Gasteiger partial charge in [-0.15, -0.1) is 0 Å². The predicted octanol–water partition coefficient (Wildman–Crippen LogP) is 5.50. The number of amides is 1. The molecule has 3 heterocycles. The minimum atomic E-state index is -3.66. The maximum absolute atomic E-state index is 13.3. The highest BCUT2D eigenvalue weighted by molar-refractivity contribution is 7.92. The number of carbonyl (C=O) groups is 1. The van der Waals surface area contributed by atoms with Crippen molar-refractivity contribution in [3.63, 3.8) is 0 Å². The Kier molecular flexibility index (Phi) is 7.21. The normalized spacial score (nSPS) is 13.1. The van der Waals surface area contributed by atoms with Crippen LogP contribution in [0.1, 0.15) is 40.2 Å². The van der Waals surface area contributed by atoms with E-state index in [1.54, 1.807) is 32.5 Å². The number of methoxy groups -OCH3 is 1. The number of hydrogen-bond donors (Lipinski definition) is 2. The summed E-state index contributed by atoms with van der Waals surface area (Å²) in [5.41, 5.74) is 6.90. The van der Waals surface area contributed by atoms with Gasteiger partial charge in [-0.25, -0.2) is 18.4 Å². The van der Waals surface area contributed by atoms with Crippen molar-refractivity contribution < 1.29 is 22.4 Å². The SMILES string of the molecule is CNC(=O)c1c(-c2ccc(C)cc2)oc2cc(N(C)S(C)(=O)=O)c(-c3cnc(OC)c(-c4nc5c([nH]4)CCCC5)c3)cc12. The Morgan fingerprint density at radius 2 is 1.81 bits per heavy atom. The summed E-state index contributed by atoms with van der Waals surface area (Å²) in [6.07, 6.45) is 6.82. The lowest BCUT2D eigenvalue weighted by Crippen LogP contribution is -2.25. The molecule has 0 saturated heterocycles. The van der Waals surface area contributed by atoms with Crippen LogP contribution in [0.5, 0.6) is 5.88 Å². The Labute approximate surface area is 250 Å². The number of anilines is 1. The van der Waals surface area contributed by atoms with Gasteiger partial charge in [0.25, 0.3) is 5.91 Å². The highest BCUT2D eigenvalue weighted by Crippen LogP contribution is 2.42. The van der Waals surface area contributed by atoms with E-state index in [0.717, 1.165) is 54.5 Å². The second-order valence-electron chi connectivity index (χ2n) is 10.8. The number of nitrogens with zero attached hydrogens (tertiary/aromatic N) is 3. The minimum absolute atomic E-state index is 0.320. The number of nitrogens with one attached hydrogen (secondary N) is 2. The molecule has 11 heteroatoms. The van der Waals surface area contributed by atoms with Crippen molar-refractivity contribution in [3.05, 3.63) is 71.2 Å². The van der Waals surface area contributed by atoms with Gasteiger partial charge in [0.15, 0.2) is 0 Å². The zero-order valence-corrected chi connectivity index (χ0v) is 25.6. The number of aryl methyl sites for hydroxylation is 3. The third kappa shape index (κ3) is 5.14. The fraction of sp³-hybridized carbons (Fsp3) is 0.281. The number of imidazole rings is 1. The highest BCUT2D eigenvalue weighted by Gasteiger charge is 2.27. The van der Waals surface area contributed by atoms with Crippen molar-refractivity contribution in [1.29, 1.82) is 0 Å². The Bertz CT molecular complexity index is 1950. The maximum atomic E-state index is 13.3. The molecule has 222 valence electrons. The average molecular weight is 600 g/mol. The summed E-state index contributed by atoms with van der Waals surface area (Å²) in [7, 11) is 0.941. The van der Waals surface area contributed by atoms with Gasteiger partial charge in [-0.1, -0.05) is 29.8 Å². The number of furan rings is 1. The van der Waals surface area contributed by atoms with Crippen molar-refractivity contribution in [2.45, 2.75) is 32.6 Å². The van der Waals surface area contributed by atoms with Gasteiger partial charge in [-0.2, -0.15) is 0 Å². The molecule has 0 unspecified atom stereocenters. The molecular formula is C32H33N5O5S. The molecule has 6 rings (SSSR count). The Balaban J connectivity index is 1.61. The zero-order valence-electron chi connectivity index (χ0n) is 24.7. The fourth-order valence-corrected chi connectivity index (χ4v) is 6.08. The molecule has 0 aliphatic heterocycles. The number of benzene rings is 2. The standard InChI is InChI=1S/C32H33N5O5S/c1-18-10-12-19(13-11-18)29-28(31(38)33-2)22-15-21(26(16-27(22)42-29)37(3)43(5,39)40)20-14-23(32(41-4)34-17-20)30-35-24-8-6-7-9-25(24)36-30/h10-17H,6-9H2,1-5H3,(H,33,38)(H,35,36). The number of ether oxygens (including phenoxy) is 1. The van der Waals surface area contributed by atoms with E-state index in [2.05, 4.69) is 15.3 Å². The fourth-order valence-electron chi connectivity index (χ4n) is 5.57. The van der Waals surface area contributed by atoms with Crippen LogP contribution in [0.15, 0.2) is 53.1 Å². The van der Waals surface area contributed by atoms with Crippen LogP contribution in [0.4, 0.5) is 5.69 Å². The molecule has 1 aliphatic carbocycles. The van der Waals surface area contributed by atoms with Crippen molar-refractivity contribution in [3.8, 4) is 39.7 Å². The van der Waals surface area contributed by atoms with Crippen LogP contribution in [-0.2, 0) is 22.9 Å². The van der Waals surface area contributed by atoms with Gasteiger partial charge < -0.3 is 19.5 Å². The van der Waals surface area contributed by atoms with E-state index in [9.17, 15) is 13.2 Å². The monoisotopic (exact) mass is 599 g/mol. The van der Waals surface area contributed by atoms with Crippen LogP contribution < -0.4 is 14.4 Å². The second-order valence-corrected chi connectivity index (χ2v) is 12.9. The van der Waals surface area contributed by atoms with Crippen molar-refractivity contribution in [2.24, 2.45) is 0 Å². The Morgan fingerprint density at radius 1 is 1.07 bits per heavy atom. The predicted molar refractivity (Wildman–Crippen MR) is 167 cm³/mol. The average Bonchev–Trinajstić information content (AvgIpc) is 3.61. The van der Waals surface area contributed by atoms with Gasteiger partial charge in [0.1, 0.15) is 17.2 Å². The van der Waals surface area contributed by atoms with Crippen LogP contribution in [0.2, 0.25) is 0 Å². The number of fused-ring (bicyclic) bond motifs is 2. The zero-order chi connectivity index (χ0) is 30.5. The lowest BCUT2D eigenvalue weighted by atomic mass is 9.98. The molecule has 5 aromatic rings. The largest absolute Gasteiger partial charge is 0.480 e. The van der Waals surface area contributed by atoms with Crippen LogP contribution in [0.3, 0.4) is 0 Å². The van der Waals surface area contributed by atoms with E-state index in [4.69, 9.17) is 14.1 Å². The first-order chi connectivity index (χ1) is 20.6. The smallest absolute Gasteiger partial charge is 0.255 e. The summed E-state index contributed by atoms with van der Waals surface area (Å²) >= 11 is 0. The van der Waals surface area contributed by atoms with Gasteiger partial charge in [0.2, 0.25) is 15.9 Å². The van der Waals surface area contributed by atoms with Crippen LogP contribution in [0.25, 0.3) is 44.8 Å². The minimum Gasteiger partial charge on any atom is -0.480 e. The Morgan fingerprint density at radius 3 is 2.49 bits per heavy atom. The number of sulfonamides is 1. The van der Waals surface area contributed by atoms with Gasteiger partial charge in [-0.05, 0) is 44.7 Å². The number of H-pyrrole nitrogens is 1. The third-order valence-corrected chi connectivity index (χ3v) is 9.17. The van der Waals surface area contributed by atoms with Gasteiger partial charge >= 0.3 is 0 Å². The summed E-state index contributed by atoms with van der Waals surface area (Å²) in [5.74, 6) is 1.12. The van der Waals surface area contributed by atoms with Gasteiger partial charge in [0, 0.05) is 54.1 Å². The van der Waals surface area contributed by atoms with E-state index >= 15 is 0 Å². The van der Waals surface area contributed by atoms with E-state index in [0.29, 0.717) is 56.4 Å². The molecule has 0 spiro atoms. The molecule has 2 N–H and O–H groups in total. The number of hydrogen-bond acceptors (Lipinski definition) is 7. The summed E-state index contributed by atoms with van der Waals surface area (Å²) in [5, 5.41) is 3.27. The van der Waals surface area contributed by atoms with Crippen molar-refractivity contribution in [1.82, 2.24) is 20.3 Å². The molecule has 2 aromatic carbocycles. The number of aromatic amines is 1. The van der Waals surface area contributed by atoms with E-state index in [-0.39, 0.29) is 5.91 Å². The number of pyridine rings is 1. The van der Waals surface area contributed by atoms with E-state index in [1.165, 1.54) is 11.4 Å². The lowest BCUT2D eigenvalue weighted by Gasteiger charge is -2.21. The second kappa shape index (κ2) is 10.9. The van der Waals surface area contributed by atoms with Gasteiger partial charge in [-0.3, -0.25) is 9.10 Å². The molecule has 1 aliphatic rings. The first kappa shape index (κ1) is 28.5. The topological polar surface area (TPSA) is 130 Å². The van der Waals surface area contributed by atoms with Gasteiger partial charge in [0.05, 0.1) is 35.9 Å². The third-order valence-electron chi connectivity index (χ3n) is 7.98. The molecule has 0 fully saturated rings. The first-order valence-electron chi connectivity index (χ1n) is 14.0. The maximum Gasteiger partial charge on any atom is 0.255 e. The van der Waals surface area contributed by atoms with E-state index < -0.39 is 10.0 Å². The number of rotatable bonds is 7. The Hall–Kier alpha value is -4.64. The summed E-state index contributed by atoms with van der Waals surface area (Å²) in [4.78, 5) is 26.2. The summed E-state index contributed by atoms with van der Waals surface area (Å²) in [6.45, 7) is 1.98. The van der Waals surface area contributed by atoms with E-state index in [1.807, 2.05) is 37.3 Å². The van der Waals surface area contributed by atoms with Crippen molar-refractivity contribution in [2.75, 3.05) is 31.8 Å². The highest BCUT2D eigenvalue weighted by atomic mass is 32.2. The van der Waals surface area contributed by atoms with Crippen LogP contribution in [-0.4, -0.2) is 56.7 Å². The lowest BCUT2D eigenvalue weighted by molar-refractivity contribution is 0.0964. The molecule has 0 radical (unpaired) electrons. The van der Waals surface area contributed by atoms with Crippen LogP contribution >= 0.6 is 0 Å². The molecule has 3 aromatic heterocycles. The molecule has 0 saturated carbocycles. The number of aromatic nitrogens is 3. The molecular weight excluding hydrogens is 566 g/mol. The number of carbonyl (C=O) groups excluding carboxylic acids is 1. The van der Waals surface area contributed by atoms with Crippen LogP contribution in [0, 0.1) is 6.92 Å². The molecule has 1 amide bonds. The molecule has 10 nitrogen and oxygen atoms in total. The molecule has 0 atom stereocenters. The molecule has 0 bridgehead atoms. The summed E-state index contributed by atoms with van der Waals surface area (Å²) in [6, 6.07) is 13.0.